The van der Waals surface area contributed by atoms with Gasteiger partial charge in [-0.2, -0.15) is 0 Å². The third-order valence-corrected chi connectivity index (χ3v) is 5.03. The van der Waals surface area contributed by atoms with E-state index in [2.05, 4.69) is 17.4 Å². The van der Waals surface area contributed by atoms with Crippen molar-refractivity contribution in [3.05, 3.63) is 30.0 Å². The van der Waals surface area contributed by atoms with Gasteiger partial charge in [0.2, 0.25) is 5.91 Å². The topological polar surface area (TPSA) is 73.6 Å². The number of methoxy groups -OCH3 is 2. The van der Waals surface area contributed by atoms with Gasteiger partial charge in [-0.15, -0.1) is 0 Å². The highest BCUT2D eigenvalue weighted by molar-refractivity contribution is 5.78. The molecule has 0 spiro atoms. The van der Waals surface area contributed by atoms with Crippen LogP contribution in [0.15, 0.2) is 28.8 Å². The number of nitrogens with zero attached hydrogens (tertiary/aromatic N) is 1. The Balaban J connectivity index is 1.65. The van der Waals surface area contributed by atoms with Crippen LogP contribution in [0.1, 0.15) is 38.3 Å². The summed E-state index contributed by atoms with van der Waals surface area (Å²) < 4.78 is 16.0. The molecule has 140 valence electrons. The van der Waals surface area contributed by atoms with Crippen LogP contribution in [0.25, 0.3) is 11.3 Å². The van der Waals surface area contributed by atoms with Crippen LogP contribution in [0.2, 0.25) is 0 Å². The lowest BCUT2D eigenvalue weighted by Gasteiger charge is -2.29. The fourth-order valence-corrected chi connectivity index (χ4v) is 3.47. The zero-order valence-corrected chi connectivity index (χ0v) is 15.6. The molecule has 1 amide bonds. The van der Waals surface area contributed by atoms with E-state index in [1.165, 1.54) is 19.3 Å². The van der Waals surface area contributed by atoms with Gasteiger partial charge in [0.25, 0.3) is 0 Å². The molecule has 0 saturated heterocycles. The molecule has 1 aliphatic rings. The summed E-state index contributed by atoms with van der Waals surface area (Å²) in [6.07, 6.45) is 4.90. The molecule has 1 fully saturated rings. The second-order valence-electron chi connectivity index (χ2n) is 6.86. The van der Waals surface area contributed by atoms with Crippen LogP contribution in [-0.2, 0) is 11.2 Å². The van der Waals surface area contributed by atoms with Crippen LogP contribution in [0.4, 0.5) is 0 Å². The summed E-state index contributed by atoms with van der Waals surface area (Å²) in [5.41, 5.74) is 1.44. The Bertz CT molecular complexity index is 756. The molecule has 1 N–H and O–H groups in total. The molecule has 3 rings (SSSR count). The minimum atomic E-state index is -0.00379. The molecule has 1 heterocycles. The highest BCUT2D eigenvalue weighted by Gasteiger charge is 2.23. The van der Waals surface area contributed by atoms with Gasteiger partial charge < -0.3 is 19.3 Å². The van der Waals surface area contributed by atoms with Crippen molar-refractivity contribution in [2.75, 3.05) is 14.2 Å². The number of rotatable bonds is 6. The third-order valence-electron chi connectivity index (χ3n) is 5.03. The summed E-state index contributed by atoms with van der Waals surface area (Å²) in [4.78, 5) is 12.3. The van der Waals surface area contributed by atoms with E-state index in [1.54, 1.807) is 20.3 Å². The Labute approximate surface area is 153 Å². The lowest BCUT2D eigenvalue weighted by molar-refractivity contribution is -0.121. The molecule has 0 bridgehead atoms. The number of amides is 1. The smallest absolute Gasteiger partial charge is 0.226 e. The average Bonchev–Trinajstić information content (AvgIpc) is 3.11. The molecule has 2 aromatic rings. The Kier molecular flexibility index (Phi) is 5.81. The normalized spacial score (nSPS) is 19.8. The van der Waals surface area contributed by atoms with E-state index in [-0.39, 0.29) is 18.4 Å². The Morgan fingerprint density at radius 1 is 1.19 bits per heavy atom. The first-order valence-electron chi connectivity index (χ1n) is 9.08. The second-order valence-corrected chi connectivity index (χ2v) is 6.86. The highest BCUT2D eigenvalue weighted by Crippen LogP contribution is 2.32. The van der Waals surface area contributed by atoms with E-state index in [0.717, 1.165) is 12.0 Å². The van der Waals surface area contributed by atoms with Crippen LogP contribution in [0.3, 0.4) is 0 Å². The summed E-state index contributed by atoms with van der Waals surface area (Å²) in [6.45, 7) is 2.20. The van der Waals surface area contributed by atoms with Crippen LogP contribution in [0.5, 0.6) is 11.5 Å². The Hall–Kier alpha value is -2.50. The van der Waals surface area contributed by atoms with E-state index >= 15 is 0 Å². The van der Waals surface area contributed by atoms with Gasteiger partial charge in [-0.3, -0.25) is 4.79 Å². The van der Waals surface area contributed by atoms with Gasteiger partial charge in [0.1, 0.15) is 0 Å². The third kappa shape index (κ3) is 4.18. The SMILES string of the molecule is COc1ccc(-c2cc(CC(=O)N[C@@H]3CCCC[C@@H]3C)no2)cc1OC. The van der Waals surface area contributed by atoms with E-state index < -0.39 is 0 Å². The van der Waals surface area contributed by atoms with Crippen molar-refractivity contribution in [2.24, 2.45) is 5.92 Å². The number of carbonyl (C=O) groups excluding carboxylic acids is 1. The molecule has 1 aromatic heterocycles. The van der Waals surface area contributed by atoms with Crippen molar-refractivity contribution < 1.29 is 18.8 Å². The minimum absolute atomic E-state index is 0.00379. The minimum Gasteiger partial charge on any atom is -0.493 e. The maximum absolute atomic E-state index is 12.3. The quantitative estimate of drug-likeness (QED) is 0.854. The zero-order chi connectivity index (χ0) is 18.5. The maximum Gasteiger partial charge on any atom is 0.226 e. The predicted octanol–water partition coefficient (Wildman–Crippen LogP) is 3.60. The second kappa shape index (κ2) is 8.25. The maximum atomic E-state index is 12.3. The first-order chi connectivity index (χ1) is 12.6. The van der Waals surface area contributed by atoms with Crippen LogP contribution < -0.4 is 14.8 Å². The molecule has 1 aromatic carbocycles. The lowest BCUT2D eigenvalue weighted by atomic mass is 9.86. The summed E-state index contributed by atoms with van der Waals surface area (Å²) in [5, 5.41) is 7.18. The van der Waals surface area contributed by atoms with Gasteiger partial charge in [0, 0.05) is 17.7 Å². The number of nitrogens with one attached hydrogen (secondary N) is 1. The standard InChI is InChI=1S/C20H26N2O4/c1-13-6-4-5-7-16(13)21-20(23)12-15-11-18(26-22-15)14-8-9-17(24-2)19(10-14)25-3/h8-11,13,16H,4-7,12H2,1-3H3,(H,21,23)/t13-,16+/m0/s1. The summed E-state index contributed by atoms with van der Waals surface area (Å²) in [6, 6.07) is 7.58. The fraction of sp³-hybridized carbons (Fsp3) is 0.500. The summed E-state index contributed by atoms with van der Waals surface area (Å²) >= 11 is 0. The van der Waals surface area contributed by atoms with Gasteiger partial charge in [-0.25, -0.2) is 0 Å². The van der Waals surface area contributed by atoms with Crippen molar-refractivity contribution in [3.63, 3.8) is 0 Å². The molecule has 0 aliphatic heterocycles. The molecule has 26 heavy (non-hydrogen) atoms. The van der Waals surface area contributed by atoms with Crippen LogP contribution in [-0.4, -0.2) is 31.3 Å². The van der Waals surface area contributed by atoms with Gasteiger partial charge in [-0.05, 0) is 37.0 Å². The first kappa shape index (κ1) is 18.3. The number of ether oxygens (including phenoxy) is 2. The monoisotopic (exact) mass is 358 g/mol. The Morgan fingerprint density at radius 2 is 1.96 bits per heavy atom. The van der Waals surface area contributed by atoms with Crippen molar-refractivity contribution in [2.45, 2.75) is 45.1 Å². The lowest BCUT2D eigenvalue weighted by Crippen LogP contribution is -2.41. The van der Waals surface area contributed by atoms with Crippen molar-refractivity contribution >= 4 is 5.91 Å². The zero-order valence-electron chi connectivity index (χ0n) is 15.6. The largest absolute Gasteiger partial charge is 0.493 e. The van der Waals surface area contributed by atoms with Crippen molar-refractivity contribution in [1.82, 2.24) is 10.5 Å². The average molecular weight is 358 g/mol. The predicted molar refractivity (Wildman–Crippen MR) is 98.3 cm³/mol. The van der Waals surface area contributed by atoms with E-state index in [9.17, 15) is 4.79 Å². The van der Waals surface area contributed by atoms with E-state index in [4.69, 9.17) is 14.0 Å². The fourth-order valence-electron chi connectivity index (χ4n) is 3.47. The van der Waals surface area contributed by atoms with Gasteiger partial charge >= 0.3 is 0 Å². The van der Waals surface area contributed by atoms with E-state index in [0.29, 0.717) is 28.9 Å². The van der Waals surface area contributed by atoms with Gasteiger partial charge in [-0.1, -0.05) is 24.9 Å². The van der Waals surface area contributed by atoms with Crippen LogP contribution in [0, 0.1) is 5.92 Å². The molecular formula is C20H26N2O4. The number of carbonyl (C=O) groups is 1. The molecule has 6 heteroatoms. The molecule has 0 unspecified atom stereocenters. The van der Waals surface area contributed by atoms with E-state index in [1.807, 2.05) is 18.2 Å². The van der Waals surface area contributed by atoms with Crippen molar-refractivity contribution in [3.8, 4) is 22.8 Å². The molecule has 1 saturated carbocycles. The highest BCUT2D eigenvalue weighted by atomic mass is 16.5. The number of hydrogen-bond acceptors (Lipinski definition) is 5. The summed E-state index contributed by atoms with van der Waals surface area (Å²) in [5.74, 6) is 2.40. The van der Waals surface area contributed by atoms with Gasteiger partial charge in [0.05, 0.1) is 26.3 Å². The molecule has 0 radical (unpaired) electrons. The summed E-state index contributed by atoms with van der Waals surface area (Å²) in [7, 11) is 3.18. The number of hydrogen-bond donors (Lipinski definition) is 1. The number of benzene rings is 1. The van der Waals surface area contributed by atoms with Gasteiger partial charge in [0.15, 0.2) is 17.3 Å². The van der Waals surface area contributed by atoms with Crippen molar-refractivity contribution in [1.29, 1.82) is 0 Å². The molecule has 1 aliphatic carbocycles. The molecular weight excluding hydrogens is 332 g/mol. The Morgan fingerprint density at radius 3 is 2.69 bits per heavy atom. The number of aromatic nitrogens is 1. The molecule has 6 nitrogen and oxygen atoms in total. The first-order valence-corrected chi connectivity index (χ1v) is 9.08. The molecule has 2 atom stereocenters. The van der Waals surface area contributed by atoms with Crippen LogP contribution >= 0.6 is 0 Å².